The summed E-state index contributed by atoms with van der Waals surface area (Å²) in [6, 6.07) is 5.09. The number of benzene rings is 1. The summed E-state index contributed by atoms with van der Waals surface area (Å²) < 4.78 is 0. The van der Waals surface area contributed by atoms with Crippen molar-refractivity contribution in [3.63, 3.8) is 0 Å². The minimum atomic E-state index is -0.179. The first kappa shape index (κ1) is 14.4. The molecule has 0 aliphatic heterocycles. The third-order valence-corrected chi connectivity index (χ3v) is 4.77. The first-order chi connectivity index (χ1) is 9.11. The zero-order valence-corrected chi connectivity index (χ0v) is 12.7. The lowest BCUT2D eigenvalue weighted by atomic mass is 9.98. The van der Waals surface area contributed by atoms with Crippen LogP contribution in [0.3, 0.4) is 0 Å². The highest BCUT2D eigenvalue weighted by Gasteiger charge is 2.26. The molecule has 2 unspecified atom stereocenters. The second kappa shape index (κ2) is 6.42. The highest BCUT2D eigenvalue weighted by Crippen LogP contribution is 2.32. The van der Waals surface area contributed by atoms with Gasteiger partial charge in [0, 0.05) is 11.9 Å². The summed E-state index contributed by atoms with van der Waals surface area (Å²) in [4.78, 5) is 12.1. The fraction of sp³-hybridized carbons (Fsp3) is 0.533. The summed E-state index contributed by atoms with van der Waals surface area (Å²) in [6.45, 7) is 2.61. The Hall–Kier alpha value is -1.03. The van der Waals surface area contributed by atoms with Crippen molar-refractivity contribution in [3.8, 4) is 5.75 Å². The van der Waals surface area contributed by atoms with Gasteiger partial charge in [0.25, 0.3) is 5.91 Å². The molecule has 0 radical (unpaired) electrons. The minimum absolute atomic E-state index is 0.0477. The molecule has 1 aromatic carbocycles. The van der Waals surface area contributed by atoms with Gasteiger partial charge in [-0.2, -0.15) is 0 Å². The van der Waals surface area contributed by atoms with Crippen molar-refractivity contribution < 1.29 is 9.90 Å². The van der Waals surface area contributed by atoms with Crippen molar-refractivity contribution in [2.75, 3.05) is 11.9 Å². The van der Waals surface area contributed by atoms with Gasteiger partial charge in [0.2, 0.25) is 0 Å². The van der Waals surface area contributed by atoms with E-state index >= 15 is 0 Å². The van der Waals surface area contributed by atoms with Gasteiger partial charge in [0.15, 0.2) is 0 Å². The van der Waals surface area contributed by atoms with Crippen molar-refractivity contribution in [1.82, 2.24) is 5.32 Å². The highest BCUT2D eigenvalue weighted by molar-refractivity contribution is 9.09. The lowest BCUT2D eigenvalue weighted by Gasteiger charge is -2.18. The molecule has 0 spiro atoms. The van der Waals surface area contributed by atoms with Crippen LogP contribution in [0.15, 0.2) is 18.2 Å². The Morgan fingerprint density at radius 1 is 1.42 bits per heavy atom. The molecule has 4 heteroatoms. The maximum absolute atomic E-state index is 12.1. The van der Waals surface area contributed by atoms with Crippen LogP contribution in [-0.2, 0) is 0 Å². The van der Waals surface area contributed by atoms with E-state index in [0.717, 1.165) is 10.9 Å². The van der Waals surface area contributed by atoms with Crippen LogP contribution in [0.1, 0.15) is 35.2 Å². The molecule has 2 rings (SSSR count). The Morgan fingerprint density at radius 2 is 2.16 bits per heavy atom. The van der Waals surface area contributed by atoms with Crippen LogP contribution in [-0.4, -0.2) is 22.9 Å². The molecule has 3 nitrogen and oxygen atoms in total. The van der Waals surface area contributed by atoms with Crippen molar-refractivity contribution in [3.05, 3.63) is 29.3 Å². The molecule has 1 aliphatic rings. The first-order valence-corrected chi connectivity index (χ1v) is 7.87. The number of carbonyl (C=O) groups excluding carboxylic acids is 1. The van der Waals surface area contributed by atoms with E-state index in [-0.39, 0.29) is 11.7 Å². The molecule has 0 heterocycles. The Morgan fingerprint density at radius 3 is 2.89 bits per heavy atom. The predicted octanol–water partition coefficient (Wildman–Crippen LogP) is 3.24. The smallest absolute Gasteiger partial charge is 0.255 e. The summed E-state index contributed by atoms with van der Waals surface area (Å²) >= 11 is 3.54. The highest BCUT2D eigenvalue weighted by atomic mass is 79.9. The summed E-state index contributed by atoms with van der Waals surface area (Å²) in [7, 11) is 0. The lowest BCUT2D eigenvalue weighted by Crippen LogP contribution is -2.31. The van der Waals surface area contributed by atoms with E-state index in [0.29, 0.717) is 23.9 Å². The van der Waals surface area contributed by atoms with E-state index in [9.17, 15) is 9.90 Å². The SMILES string of the molecule is Cc1ccc(O)c(C(=O)NCC2CCCC2CBr)c1. The molecular formula is C15H20BrNO2. The van der Waals surface area contributed by atoms with Crippen molar-refractivity contribution in [1.29, 1.82) is 0 Å². The first-order valence-electron chi connectivity index (χ1n) is 6.75. The van der Waals surface area contributed by atoms with Crippen LogP contribution in [0, 0.1) is 18.8 Å². The number of phenolic OH excluding ortho intramolecular Hbond substituents is 1. The summed E-state index contributed by atoms with van der Waals surface area (Å²) in [5, 5.41) is 13.7. The second-order valence-corrected chi connectivity index (χ2v) is 5.98. The summed E-state index contributed by atoms with van der Waals surface area (Å²) in [6.07, 6.45) is 3.66. The number of nitrogens with one attached hydrogen (secondary N) is 1. The van der Waals surface area contributed by atoms with E-state index in [4.69, 9.17) is 0 Å². The van der Waals surface area contributed by atoms with Gasteiger partial charge in [-0.1, -0.05) is 34.0 Å². The van der Waals surface area contributed by atoms with Gasteiger partial charge in [-0.15, -0.1) is 0 Å². The molecule has 1 aromatic rings. The van der Waals surface area contributed by atoms with Crippen molar-refractivity contribution in [2.24, 2.45) is 11.8 Å². The standard InChI is InChI=1S/C15H20BrNO2/c1-10-5-6-14(18)13(7-10)15(19)17-9-12-4-2-3-11(12)8-16/h5-7,11-12,18H,2-4,8-9H2,1H3,(H,17,19). The maximum Gasteiger partial charge on any atom is 0.255 e. The van der Waals surface area contributed by atoms with E-state index in [1.54, 1.807) is 18.2 Å². The topological polar surface area (TPSA) is 49.3 Å². The number of halogens is 1. The molecule has 2 N–H and O–H groups in total. The number of hydrogen-bond acceptors (Lipinski definition) is 2. The number of hydrogen-bond donors (Lipinski definition) is 2. The largest absolute Gasteiger partial charge is 0.507 e. The van der Waals surface area contributed by atoms with Gasteiger partial charge < -0.3 is 10.4 Å². The summed E-state index contributed by atoms with van der Waals surface area (Å²) in [5.74, 6) is 1.08. The van der Waals surface area contributed by atoms with Gasteiger partial charge in [0.05, 0.1) is 5.56 Å². The minimum Gasteiger partial charge on any atom is -0.507 e. The molecule has 19 heavy (non-hydrogen) atoms. The van der Waals surface area contributed by atoms with E-state index in [2.05, 4.69) is 21.2 Å². The number of aromatic hydroxyl groups is 1. The van der Waals surface area contributed by atoms with Crippen LogP contribution >= 0.6 is 15.9 Å². The Kier molecular flexibility index (Phi) is 4.86. The maximum atomic E-state index is 12.1. The zero-order valence-electron chi connectivity index (χ0n) is 11.2. The van der Waals surface area contributed by atoms with Gasteiger partial charge in [-0.05, 0) is 43.7 Å². The van der Waals surface area contributed by atoms with Crippen LogP contribution in [0.5, 0.6) is 5.75 Å². The van der Waals surface area contributed by atoms with Crippen LogP contribution < -0.4 is 5.32 Å². The van der Waals surface area contributed by atoms with Crippen molar-refractivity contribution >= 4 is 21.8 Å². The average Bonchev–Trinajstić information content (AvgIpc) is 2.86. The molecule has 104 valence electrons. The van der Waals surface area contributed by atoms with Gasteiger partial charge in [-0.25, -0.2) is 0 Å². The fourth-order valence-corrected chi connectivity index (χ4v) is 3.59. The quantitative estimate of drug-likeness (QED) is 0.835. The number of rotatable bonds is 4. The Bertz CT molecular complexity index is 461. The molecule has 1 saturated carbocycles. The Labute approximate surface area is 122 Å². The summed E-state index contributed by atoms with van der Waals surface area (Å²) in [5.41, 5.74) is 1.34. The van der Waals surface area contributed by atoms with Gasteiger partial charge in [-0.3, -0.25) is 4.79 Å². The monoisotopic (exact) mass is 325 g/mol. The number of alkyl halides is 1. The molecule has 0 bridgehead atoms. The predicted molar refractivity (Wildman–Crippen MR) is 79.8 cm³/mol. The second-order valence-electron chi connectivity index (χ2n) is 5.34. The molecule has 0 aromatic heterocycles. The van der Waals surface area contributed by atoms with Crippen molar-refractivity contribution in [2.45, 2.75) is 26.2 Å². The van der Waals surface area contributed by atoms with Crippen LogP contribution in [0.25, 0.3) is 0 Å². The normalized spacial score (nSPS) is 22.4. The fourth-order valence-electron chi connectivity index (χ4n) is 2.74. The lowest BCUT2D eigenvalue weighted by molar-refractivity contribution is 0.0942. The van der Waals surface area contributed by atoms with Crippen LogP contribution in [0.4, 0.5) is 0 Å². The molecule has 1 amide bonds. The third kappa shape index (κ3) is 3.50. The van der Waals surface area contributed by atoms with Gasteiger partial charge in [0.1, 0.15) is 5.75 Å². The number of aryl methyl sites for hydroxylation is 1. The molecule has 2 atom stereocenters. The Balaban J connectivity index is 1.96. The number of carbonyl (C=O) groups is 1. The van der Waals surface area contributed by atoms with E-state index < -0.39 is 0 Å². The zero-order chi connectivity index (χ0) is 13.8. The van der Waals surface area contributed by atoms with Gasteiger partial charge >= 0.3 is 0 Å². The molecule has 0 saturated heterocycles. The van der Waals surface area contributed by atoms with Crippen LogP contribution in [0.2, 0.25) is 0 Å². The van der Waals surface area contributed by atoms with E-state index in [1.165, 1.54) is 19.3 Å². The third-order valence-electron chi connectivity index (χ3n) is 3.94. The number of phenols is 1. The number of amides is 1. The molecule has 1 aliphatic carbocycles. The van der Waals surface area contributed by atoms with E-state index in [1.807, 2.05) is 6.92 Å². The molecule has 1 fully saturated rings. The molecular weight excluding hydrogens is 306 g/mol. The average molecular weight is 326 g/mol.